The molecule has 1 aromatic heterocycles. The van der Waals surface area contributed by atoms with Gasteiger partial charge in [-0.25, -0.2) is 4.68 Å². The van der Waals surface area contributed by atoms with Gasteiger partial charge in [-0.15, -0.1) is 5.10 Å². The predicted octanol–water partition coefficient (Wildman–Crippen LogP) is 1.80. The fraction of sp³-hybridized carbons (Fsp3) is 0.471. The lowest BCUT2D eigenvalue weighted by Gasteiger charge is -2.25. The molecule has 7 nitrogen and oxygen atoms in total. The van der Waals surface area contributed by atoms with Crippen LogP contribution >= 0.6 is 0 Å². The molecular formula is C17H20N4O3. The number of amides is 1. The molecule has 0 aliphatic carbocycles. The number of fused-ring (bicyclic) bond motifs is 1. The van der Waals surface area contributed by atoms with Crippen molar-refractivity contribution in [2.45, 2.75) is 31.8 Å². The third-order valence-corrected chi connectivity index (χ3v) is 4.50. The van der Waals surface area contributed by atoms with Crippen molar-refractivity contribution in [2.75, 3.05) is 19.8 Å². The number of nitrogens with zero attached hydrogens (tertiary/aromatic N) is 4. The molecular weight excluding hydrogens is 308 g/mol. The van der Waals surface area contributed by atoms with E-state index in [0.29, 0.717) is 13.2 Å². The van der Waals surface area contributed by atoms with E-state index < -0.39 is 0 Å². The molecule has 0 spiro atoms. The lowest BCUT2D eigenvalue weighted by Crippen LogP contribution is -2.33. The number of ether oxygens (including phenoxy) is 2. The summed E-state index contributed by atoms with van der Waals surface area (Å²) < 4.78 is 13.0. The van der Waals surface area contributed by atoms with Gasteiger partial charge in [0.05, 0.1) is 25.5 Å². The minimum Gasteiger partial charge on any atom is -0.490 e. The summed E-state index contributed by atoms with van der Waals surface area (Å²) >= 11 is 0. The number of likely N-dealkylation sites (tertiary alicyclic amines) is 1. The van der Waals surface area contributed by atoms with Crippen molar-refractivity contribution < 1.29 is 14.3 Å². The van der Waals surface area contributed by atoms with Crippen molar-refractivity contribution in [3.63, 3.8) is 0 Å². The Bertz CT molecular complexity index is 717. The fourth-order valence-electron chi connectivity index (χ4n) is 3.35. The van der Waals surface area contributed by atoms with Gasteiger partial charge in [-0.2, -0.15) is 0 Å². The standard InChI is InChI=1S/C17H20N4O3/c22-17(12-20-8-6-18-19-20)21-7-1-3-14(21)13-4-5-15-16(11-13)24-10-2-9-23-15/h4-6,8,11,14H,1-3,7,9-10,12H2. The van der Waals surface area contributed by atoms with Gasteiger partial charge in [0, 0.05) is 19.2 Å². The second kappa shape index (κ2) is 6.51. The second-order valence-corrected chi connectivity index (χ2v) is 6.10. The Balaban J connectivity index is 1.54. The van der Waals surface area contributed by atoms with Crippen LogP contribution < -0.4 is 9.47 Å². The van der Waals surface area contributed by atoms with Gasteiger partial charge in [-0.05, 0) is 30.5 Å². The summed E-state index contributed by atoms with van der Waals surface area (Å²) in [6, 6.07) is 6.10. The summed E-state index contributed by atoms with van der Waals surface area (Å²) in [6.07, 6.45) is 6.13. The van der Waals surface area contributed by atoms with Gasteiger partial charge in [0.25, 0.3) is 0 Å². The van der Waals surface area contributed by atoms with Gasteiger partial charge in [-0.1, -0.05) is 11.3 Å². The number of hydrogen-bond acceptors (Lipinski definition) is 5. The maximum atomic E-state index is 12.6. The average Bonchev–Trinajstić information content (AvgIpc) is 3.22. The Morgan fingerprint density at radius 2 is 2.08 bits per heavy atom. The van der Waals surface area contributed by atoms with Crippen LogP contribution in [-0.2, 0) is 11.3 Å². The van der Waals surface area contributed by atoms with E-state index in [-0.39, 0.29) is 18.5 Å². The number of carbonyl (C=O) groups excluding carboxylic acids is 1. The van der Waals surface area contributed by atoms with Gasteiger partial charge in [0.15, 0.2) is 11.5 Å². The van der Waals surface area contributed by atoms with Crippen molar-refractivity contribution in [1.29, 1.82) is 0 Å². The third-order valence-electron chi connectivity index (χ3n) is 4.50. The SMILES string of the molecule is O=C(Cn1ccnn1)N1CCCC1c1ccc2c(c1)OCCCO2. The number of benzene rings is 1. The van der Waals surface area contributed by atoms with Crippen LogP contribution in [-0.4, -0.2) is 45.6 Å². The number of carbonyl (C=O) groups is 1. The molecule has 4 rings (SSSR count). The summed E-state index contributed by atoms with van der Waals surface area (Å²) in [5.41, 5.74) is 1.10. The molecule has 126 valence electrons. The highest BCUT2D eigenvalue weighted by Gasteiger charge is 2.30. The molecule has 0 bridgehead atoms. The summed E-state index contributed by atoms with van der Waals surface area (Å²) in [5.74, 6) is 1.63. The Hall–Kier alpha value is -2.57. The van der Waals surface area contributed by atoms with E-state index in [1.807, 2.05) is 23.1 Å². The van der Waals surface area contributed by atoms with Gasteiger partial charge < -0.3 is 14.4 Å². The van der Waals surface area contributed by atoms with Crippen LogP contribution in [0.1, 0.15) is 30.9 Å². The maximum Gasteiger partial charge on any atom is 0.244 e. The van der Waals surface area contributed by atoms with Crippen molar-refractivity contribution in [2.24, 2.45) is 0 Å². The summed E-state index contributed by atoms with van der Waals surface area (Å²) in [7, 11) is 0. The largest absolute Gasteiger partial charge is 0.490 e. The van der Waals surface area contributed by atoms with E-state index in [4.69, 9.17) is 9.47 Å². The Morgan fingerprint density at radius 3 is 2.92 bits per heavy atom. The molecule has 7 heteroatoms. The van der Waals surface area contributed by atoms with E-state index in [1.54, 1.807) is 17.1 Å². The molecule has 1 atom stereocenters. The molecule has 1 unspecified atom stereocenters. The highest BCUT2D eigenvalue weighted by atomic mass is 16.5. The van der Waals surface area contributed by atoms with Crippen molar-refractivity contribution in [3.8, 4) is 11.5 Å². The fourth-order valence-corrected chi connectivity index (χ4v) is 3.35. The van der Waals surface area contributed by atoms with Crippen LogP contribution in [0.5, 0.6) is 11.5 Å². The van der Waals surface area contributed by atoms with Crippen LogP contribution in [0.2, 0.25) is 0 Å². The third kappa shape index (κ3) is 2.93. The number of aromatic nitrogens is 3. The molecule has 1 fully saturated rings. The highest BCUT2D eigenvalue weighted by Crippen LogP contribution is 2.37. The van der Waals surface area contributed by atoms with E-state index in [9.17, 15) is 4.79 Å². The van der Waals surface area contributed by atoms with Crippen LogP contribution in [0.3, 0.4) is 0 Å². The molecule has 2 aliphatic heterocycles. The molecule has 2 aromatic rings. The average molecular weight is 328 g/mol. The summed E-state index contributed by atoms with van der Waals surface area (Å²) in [4.78, 5) is 14.6. The van der Waals surface area contributed by atoms with Gasteiger partial charge in [-0.3, -0.25) is 4.79 Å². The molecule has 1 amide bonds. The summed E-state index contributed by atoms with van der Waals surface area (Å²) in [6.45, 7) is 2.34. The van der Waals surface area contributed by atoms with Gasteiger partial charge in [0.2, 0.25) is 5.91 Å². The monoisotopic (exact) mass is 328 g/mol. The minimum atomic E-state index is 0.0649. The first-order chi connectivity index (χ1) is 11.8. The Morgan fingerprint density at radius 1 is 1.21 bits per heavy atom. The molecule has 0 N–H and O–H groups in total. The molecule has 2 aliphatic rings. The number of rotatable bonds is 3. The zero-order chi connectivity index (χ0) is 16.4. The van der Waals surface area contributed by atoms with E-state index >= 15 is 0 Å². The first-order valence-electron chi connectivity index (χ1n) is 8.34. The normalized spacial score (nSPS) is 20.0. The number of hydrogen-bond donors (Lipinski definition) is 0. The van der Waals surface area contributed by atoms with E-state index in [0.717, 1.165) is 42.9 Å². The quantitative estimate of drug-likeness (QED) is 0.859. The van der Waals surface area contributed by atoms with Crippen LogP contribution in [0, 0.1) is 0 Å². The maximum absolute atomic E-state index is 12.6. The van der Waals surface area contributed by atoms with Crippen molar-refractivity contribution >= 4 is 5.91 Å². The second-order valence-electron chi connectivity index (χ2n) is 6.10. The first kappa shape index (κ1) is 15.0. The van der Waals surface area contributed by atoms with Crippen LogP contribution in [0.4, 0.5) is 0 Å². The lowest BCUT2D eigenvalue weighted by atomic mass is 10.0. The van der Waals surface area contributed by atoms with E-state index in [2.05, 4.69) is 10.3 Å². The molecule has 3 heterocycles. The lowest BCUT2D eigenvalue weighted by molar-refractivity contribution is -0.133. The van der Waals surface area contributed by atoms with Crippen LogP contribution in [0.25, 0.3) is 0 Å². The van der Waals surface area contributed by atoms with E-state index in [1.165, 1.54) is 0 Å². The smallest absolute Gasteiger partial charge is 0.244 e. The molecule has 0 radical (unpaired) electrons. The van der Waals surface area contributed by atoms with Crippen molar-refractivity contribution in [1.82, 2.24) is 19.9 Å². The molecule has 24 heavy (non-hydrogen) atoms. The van der Waals surface area contributed by atoms with Crippen molar-refractivity contribution in [3.05, 3.63) is 36.2 Å². The van der Waals surface area contributed by atoms with Gasteiger partial charge in [0.1, 0.15) is 6.54 Å². The Kier molecular flexibility index (Phi) is 4.06. The highest BCUT2D eigenvalue weighted by molar-refractivity contribution is 5.76. The molecule has 1 saturated heterocycles. The summed E-state index contributed by atoms with van der Waals surface area (Å²) in [5, 5.41) is 7.62. The van der Waals surface area contributed by atoms with Crippen LogP contribution in [0.15, 0.2) is 30.6 Å². The molecule has 0 saturated carbocycles. The molecule has 1 aromatic carbocycles. The minimum absolute atomic E-state index is 0.0649. The first-order valence-corrected chi connectivity index (χ1v) is 8.34. The topological polar surface area (TPSA) is 69.5 Å². The predicted molar refractivity (Wildman–Crippen MR) is 85.8 cm³/mol. The zero-order valence-electron chi connectivity index (χ0n) is 13.4. The van der Waals surface area contributed by atoms with Gasteiger partial charge >= 0.3 is 0 Å². The zero-order valence-corrected chi connectivity index (χ0v) is 13.4. The Labute approximate surface area is 140 Å².